The van der Waals surface area contributed by atoms with E-state index in [4.69, 9.17) is 21.1 Å². The molecule has 7 nitrogen and oxygen atoms in total. The molecule has 3 rings (SSSR count). The zero-order valence-electron chi connectivity index (χ0n) is 18.0. The Hall–Kier alpha value is -2.91. The van der Waals surface area contributed by atoms with E-state index in [1.165, 1.54) is 31.4 Å². The number of rotatable bonds is 8. The van der Waals surface area contributed by atoms with Crippen LogP contribution in [-0.2, 0) is 10.0 Å². The van der Waals surface area contributed by atoms with Crippen LogP contribution in [0.5, 0.6) is 17.2 Å². The average Bonchev–Trinajstić information content (AvgIpc) is 2.75. The van der Waals surface area contributed by atoms with Crippen molar-refractivity contribution in [2.24, 2.45) is 5.92 Å². The first-order chi connectivity index (χ1) is 15.1. The number of methoxy groups -OCH3 is 1. The monoisotopic (exact) mass is 479 g/mol. The van der Waals surface area contributed by atoms with E-state index in [1.807, 2.05) is 13.8 Å². The Kier molecular flexibility index (Phi) is 7.20. The molecule has 0 amide bonds. The normalized spacial score (nSPS) is 11.5. The molecule has 3 aromatic rings. The SMILES string of the molecule is COc1cc(F)ccc1Oc1c(Cl)nc(C)nc1N(CC(C)C)S(=O)(=O)c1ccccc1. The van der Waals surface area contributed by atoms with Crippen LogP contribution in [0.15, 0.2) is 53.4 Å². The van der Waals surface area contributed by atoms with Gasteiger partial charge in [0.1, 0.15) is 11.6 Å². The number of aromatic nitrogens is 2. The smallest absolute Gasteiger partial charge is 0.265 e. The van der Waals surface area contributed by atoms with Crippen molar-refractivity contribution in [3.8, 4) is 17.2 Å². The van der Waals surface area contributed by atoms with Crippen LogP contribution in [0.2, 0.25) is 5.15 Å². The third-order valence-corrected chi connectivity index (χ3v) is 6.38. The zero-order valence-corrected chi connectivity index (χ0v) is 19.6. The third kappa shape index (κ3) is 5.11. The molecule has 0 saturated carbocycles. The minimum atomic E-state index is -4.01. The van der Waals surface area contributed by atoms with E-state index < -0.39 is 15.8 Å². The van der Waals surface area contributed by atoms with Crippen LogP contribution in [0.1, 0.15) is 19.7 Å². The number of aryl methyl sites for hydroxylation is 1. The Labute approximate surface area is 191 Å². The van der Waals surface area contributed by atoms with Gasteiger partial charge >= 0.3 is 0 Å². The molecule has 0 unspecified atom stereocenters. The van der Waals surface area contributed by atoms with E-state index >= 15 is 0 Å². The molecule has 2 aromatic carbocycles. The molecule has 0 radical (unpaired) electrons. The lowest BCUT2D eigenvalue weighted by molar-refractivity contribution is 0.375. The summed E-state index contributed by atoms with van der Waals surface area (Å²) in [5.41, 5.74) is 0. The molecule has 0 aliphatic rings. The molecular formula is C22H23ClFN3O4S. The maximum Gasteiger partial charge on any atom is 0.265 e. The van der Waals surface area contributed by atoms with Gasteiger partial charge in [0, 0.05) is 12.6 Å². The fourth-order valence-corrected chi connectivity index (χ4v) is 4.80. The number of halogens is 2. The van der Waals surface area contributed by atoms with Gasteiger partial charge in [-0.2, -0.15) is 0 Å². The first-order valence-corrected chi connectivity index (χ1v) is 11.6. The van der Waals surface area contributed by atoms with E-state index in [2.05, 4.69) is 9.97 Å². The largest absolute Gasteiger partial charge is 0.493 e. The van der Waals surface area contributed by atoms with Crippen LogP contribution in [0.4, 0.5) is 10.2 Å². The summed E-state index contributed by atoms with van der Waals surface area (Å²) in [6, 6.07) is 11.7. The van der Waals surface area contributed by atoms with E-state index in [-0.39, 0.29) is 51.4 Å². The Morgan fingerprint density at radius 3 is 2.41 bits per heavy atom. The van der Waals surface area contributed by atoms with Crippen LogP contribution in [-0.4, -0.2) is 32.0 Å². The number of anilines is 1. The molecular weight excluding hydrogens is 457 g/mol. The molecule has 1 aromatic heterocycles. The van der Waals surface area contributed by atoms with E-state index in [9.17, 15) is 12.8 Å². The second-order valence-electron chi connectivity index (χ2n) is 7.35. The fraction of sp³-hybridized carbons (Fsp3) is 0.273. The second-order valence-corrected chi connectivity index (χ2v) is 9.57. The molecule has 170 valence electrons. The first kappa shape index (κ1) is 23.7. The van der Waals surface area contributed by atoms with E-state index in [0.717, 1.165) is 10.4 Å². The molecule has 10 heteroatoms. The van der Waals surface area contributed by atoms with Crippen molar-refractivity contribution in [3.63, 3.8) is 0 Å². The topological polar surface area (TPSA) is 81.6 Å². The minimum absolute atomic E-state index is 0.0218. The zero-order chi connectivity index (χ0) is 23.5. The van der Waals surface area contributed by atoms with Gasteiger partial charge in [0.15, 0.2) is 22.5 Å². The van der Waals surface area contributed by atoms with Gasteiger partial charge in [-0.05, 0) is 37.1 Å². The standard InChI is InChI=1S/C22H23ClFN3O4S/c1-14(2)13-27(32(28,29)17-8-6-5-7-9-17)22-20(21(23)25-15(3)26-22)31-18-11-10-16(24)12-19(18)30-4/h5-12,14H,13H2,1-4H3. The molecule has 0 fully saturated rings. The van der Waals surface area contributed by atoms with Gasteiger partial charge in [0.05, 0.1) is 12.0 Å². The van der Waals surface area contributed by atoms with Crippen molar-refractivity contribution in [2.45, 2.75) is 25.7 Å². The molecule has 0 saturated heterocycles. The predicted molar refractivity (Wildman–Crippen MR) is 121 cm³/mol. The minimum Gasteiger partial charge on any atom is -0.493 e. The Balaban J connectivity index is 2.20. The summed E-state index contributed by atoms with van der Waals surface area (Å²) in [7, 11) is -2.64. The van der Waals surface area contributed by atoms with E-state index in [1.54, 1.807) is 25.1 Å². The maximum atomic E-state index is 13.6. The van der Waals surface area contributed by atoms with Gasteiger partial charge in [-0.1, -0.05) is 43.6 Å². The van der Waals surface area contributed by atoms with Gasteiger partial charge in [0.25, 0.3) is 10.0 Å². The second kappa shape index (κ2) is 9.70. The Bertz CT molecular complexity index is 1210. The fourth-order valence-electron chi connectivity index (χ4n) is 2.96. The summed E-state index contributed by atoms with van der Waals surface area (Å²) < 4.78 is 53.0. The number of hydrogen-bond acceptors (Lipinski definition) is 6. The Morgan fingerprint density at radius 2 is 1.78 bits per heavy atom. The van der Waals surface area contributed by atoms with Crippen molar-refractivity contribution in [2.75, 3.05) is 18.0 Å². The summed E-state index contributed by atoms with van der Waals surface area (Å²) in [6.07, 6.45) is 0. The number of benzene rings is 2. The van der Waals surface area contributed by atoms with Crippen molar-refractivity contribution >= 4 is 27.4 Å². The summed E-state index contributed by atoms with van der Waals surface area (Å²) >= 11 is 6.38. The summed E-state index contributed by atoms with van der Waals surface area (Å²) in [6.45, 7) is 5.47. The average molecular weight is 480 g/mol. The third-order valence-electron chi connectivity index (χ3n) is 4.35. The quantitative estimate of drug-likeness (QED) is 0.411. The van der Waals surface area contributed by atoms with Crippen molar-refractivity contribution in [1.29, 1.82) is 0 Å². The Morgan fingerprint density at radius 1 is 1.09 bits per heavy atom. The molecule has 0 spiro atoms. The molecule has 32 heavy (non-hydrogen) atoms. The molecule has 0 bridgehead atoms. The molecule has 0 atom stereocenters. The van der Waals surface area contributed by atoms with Gasteiger partial charge in [-0.25, -0.2) is 27.1 Å². The molecule has 0 aliphatic carbocycles. The molecule has 0 N–H and O–H groups in total. The lowest BCUT2D eigenvalue weighted by Crippen LogP contribution is -2.35. The summed E-state index contributed by atoms with van der Waals surface area (Å²) in [5.74, 6) is -0.168. The van der Waals surface area contributed by atoms with Gasteiger partial charge in [-0.3, -0.25) is 0 Å². The van der Waals surface area contributed by atoms with Crippen LogP contribution >= 0.6 is 11.6 Å². The van der Waals surface area contributed by atoms with Crippen LogP contribution in [0.3, 0.4) is 0 Å². The highest BCUT2D eigenvalue weighted by atomic mass is 35.5. The van der Waals surface area contributed by atoms with Crippen molar-refractivity contribution in [1.82, 2.24) is 9.97 Å². The van der Waals surface area contributed by atoms with Crippen LogP contribution < -0.4 is 13.8 Å². The summed E-state index contributed by atoms with van der Waals surface area (Å²) in [5, 5.41) is -0.0871. The highest BCUT2D eigenvalue weighted by Gasteiger charge is 2.31. The number of nitrogens with zero attached hydrogens (tertiary/aromatic N) is 3. The summed E-state index contributed by atoms with van der Waals surface area (Å²) in [4.78, 5) is 8.57. The highest BCUT2D eigenvalue weighted by molar-refractivity contribution is 7.92. The lowest BCUT2D eigenvalue weighted by atomic mass is 10.2. The predicted octanol–water partition coefficient (Wildman–Crippen LogP) is 5.23. The number of ether oxygens (including phenoxy) is 2. The van der Waals surface area contributed by atoms with E-state index in [0.29, 0.717) is 0 Å². The van der Waals surface area contributed by atoms with Crippen LogP contribution in [0, 0.1) is 18.7 Å². The van der Waals surface area contributed by atoms with Gasteiger partial charge < -0.3 is 9.47 Å². The molecule has 1 heterocycles. The highest BCUT2D eigenvalue weighted by Crippen LogP contribution is 2.41. The maximum absolute atomic E-state index is 13.6. The number of sulfonamides is 1. The lowest BCUT2D eigenvalue weighted by Gasteiger charge is -2.27. The van der Waals surface area contributed by atoms with Gasteiger partial charge in [0.2, 0.25) is 5.75 Å². The first-order valence-electron chi connectivity index (χ1n) is 9.76. The molecule has 0 aliphatic heterocycles. The van der Waals surface area contributed by atoms with Gasteiger partial charge in [-0.15, -0.1) is 0 Å². The van der Waals surface area contributed by atoms with Crippen molar-refractivity contribution in [3.05, 3.63) is 65.3 Å². The van der Waals surface area contributed by atoms with Crippen molar-refractivity contribution < 1.29 is 22.3 Å². The van der Waals surface area contributed by atoms with Crippen LogP contribution in [0.25, 0.3) is 0 Å². The number of hydrogen-bond donors (Lipinski definition) is 0.